The molecule has 1 aliphatic rings. The van der Waals surface area contributed by atoms with E-state index in [0.29, 0.717) is 23.8 Å². The van der Waals surface area contributed by atoms with E-state index in [2.05, 4.69) is 9.97 Å². The molecule has 1 unspecified atom stereocenters. The van der Waals surface area contributed by atoms with Gasteiger partial charge in [-0.2, -0.15) is 0 Å². The van der Waals surface area contributed by atoms with Crippen molar-refractivity contribution >= 4 is 17.2 Å². The number of nitrogens with zero attached hydrogens (tertiary/aromatic N) is 4. The van der Waals surface area contributed by atoms with E-state index >= 15 is 0 Å². The van der Waals surface area contributed by atoms with E-state index < -0.39 is 11.5 Å². The summed E-state index contributed by atoms with van der Waals surface area (Å²) in [6.07, 6.45) is 4.31. The molecule has 0 saturated heterocycles. The number of hydrogen-bond acceptors (Lipinski definition) is 5. The van der Waals surface area contributed by atoms with Crippen LogP contribution in [0.15, 0.2) is 53.7 Å². The first kappa shape index (κ1) is 14.4. The van der Waals surface area contributed by atoms with Crippen LogP contribution in [0.25, 0.3) is 5.65 Å². The third-order valence-corrected chi connectivity index (χ3v) is 3.88. The van der Waals surface area contributed by atoms with Crippen LogP contribution in [0.2, 0.25) is 0 Å². The molecule has 24 heavy (non-hydrogen) atoms. The Labute approximate surface area is 137 Å². The van der Waals surface area contributed by atoms with Gasteiger partial charge < -0.3 is 4.74 Å². The van der Waals surface area contributed by atoms with Crippen molar-refractivity contribution in [2.75, 3.05) is 11.4 Å². The molecule has 4 heterocycles. The maximum Gasteiger partial charge on any atom is 0.270 e. The van der Waals surface area contributed by atoms with Gasteiger partial charge in [0.05, 0.1) is 6.54 Å². The Morgan fingerprint density at radius 2 is 2.12 bits per heavy atom. The van der Waals surface area contributed by atoms with Crippen molar-refractivity contribution in [1.82, 2.24) is 14.4 Å². The third kappa shape index (κ3) is 2.21. The van der Waals surface area contributed by atoms with Gasteiger partial charge in [-0.1, -0.05) is 6.07 Å². The number of ether oxygens (including phenoxy) is 1. The van der Waals surface area contributed by atoms with Crippen LogP contribution in [0.4, 0.5) is 5.69 Å². The van der Waals surface area contributed by atoms with Crippen molar-refractivity contribution in [2.24, 2.45) is 0 Å². The molecule has 3 aromatic heterocycles. The Morgan fingerprint density at radius 1 is 1.25 bits per heavy atom. The first-order chi connectivity index (χ1) is 11.6. The van der Waals surface area contributed by atoms with Crippen LogP contribution >= 0.6 is 0 Å². The summed E-state index contributed by atoms with van der Waals surface area (Å²) in [5.41, 5.74) is 0.674. The highest BCUT2D eigenvalue weighted by atomic mass is 16.5. The van der Waals surface area contributed by atoms with Crippen molar-refractivity contribution in [1.29, 1.82) is 0 Å². The molecule has 3 aromatic rings. The first-order valence-electron chi connectivity index (χ1n) is 7.55. The van der Waals surface area contributed by atoms with Crippen LogP contribution in [-0.2, 0) is 0 Å². The number of fused-ring (bicyclic) bond motifs is 2. The summed E-state index contributed by atoms with van der Waals surface area (Å²) in [7, 11) is 0. The average molecular weight is 322 g/mol. The predicted octanol–water partition coefficient (Wildman–Crippen LogP) is 1.52. The van der Waals surface area contributed by atoms with Crippen molar-refractivity contribution < 1.29 is 9.53 Å². The Morgan fingerprint density at radius 3 is 3.00 bits per heavy atom. The lowest BCUT2D eigenvalue weighted by molar-refractivity contribution is 0.0956. The lowest BCUT2D eigenvalue weighted by Crippen LogP contribution is -2.44. The molecular weight excluding hydrogens is 308 g/mol. The highest BCUT2D eigenvalue weighted by Crippen LogP contribution is 2.31. The number of hydrogen-bond donors (Lipinski definition) is 0. The van der Waals surface area contributed by atoms with Crippen LogP contribution in [0.5, 0.6) is 5.88 Å². The van der Waals surface area contributed by atoms with Crippen molar-refractivity contribution in [3.05, 3.63) is 64.8 Å². The summed E-state index contributed by atoms with van der Waals surface area (Å²) in [5, 5.41) is 0. The minimum Gasteiger partial charge on any atom is -0.471 e. The Kier molecular flexibility index (Phi) is 3.26. The Balaban J connectivity index is 1.83. The molecule has 0 fully saturated rings. The quantitative estimate of drug-likeness (QED) is 0.679. The zero-order chi connectivity index (χ0) is 16.7. The molecule has 0 spiro atoms. The van der Waals surface area contributed by atoms with Crippen LogP contribution in [0, 0.1) is 0 Å². The smallest absolute Gasteiger partial charge is 0.270 e. The highest BCUT2D eigenvalue weighted by Gasteiger charge is 2.30. The zero-order valence-electron chi connectivity index (χ0n) is 12.9. The maximum atomic E-state index is 13.0. The zero-order valence-corrected chi connectivity index (χ0v) is 12.9. The van der Waals surface area contributed by atoms with E-state index in [1.165, 1.54) is 15.5 Å². The number of rotatable bonds is 1. The van der Waals surface area contributed by atoms with Crippen molar-refractivity contribution in [3.63, 3.8) is 0 Å². The summed E-state index contributed by atoms with van der Waals surface area (Å²) in [4.78, 5) is 35.5. The normalized spacial score (nSPS) is 16.5. The van der Waals surface area contributed by atoms with Gasteiger partial charge in [-0.05, 0) is 31.2 Å². The molecule has 120 valence electrons. The van der Waals surface area contributed by atoms with Gasteiger partial charge in [0.1, 0.15) is 23.0 Å². The maximum absolute atomic E-state index is 13.0. The van der Waals surface area contributed by atoms with E-state index in [9.17, 15) is 9.59 Å². The van der Waals surface area contributed by atoms with Gasteiger partial charge in [-0.15, -0.1) is 0 Å². The lowest BCUT2D eigenvalue weighted by Gasteiger charge is -2.32. The second kappa shape index (κ2) is 5.45. The fraction of sp³-hybridized carbons (Fsp3) is 0.176. The second-order valence-corrected chi connectivity index (χ2v) is 5.58. The van der Waals surface area contributed by atoms with Crippen molar-refractivity contribution in [2.45, 2.75) is 13.0 Å². The summed E-state index contributed by atoms with van der Waals surface area (Å²) in [6.45, 7) is 2.19. The minimum atomic E-state index is -0.407. The van der Waals surface area contributed by atoms with Crippen LogP contribution in [-0.4, -0.2) is 32.9 Å². The van der Waals surface area contributed by atoms with Gasteiger partial charge >= 0.3 is 0 Å². The van der Waals surface area contributed by atoms with E-state index in [4.69, 9.17) is 4.74 Å². The summed E-state index contributed by atoms with van der Waals surface area (Å²) in [6, 6.07) is 8.70. The first-order valence-corrected chi connectivity index (χ1v) is 7.55. The highest BCUT2D eigenvalue weighted by molar-refractivity contribution is 6.06. The number of carbonyl (C=O) groups excluding carboxylic acids is 1. The minimum absolute atomic E-state index is 0.0163. The van der Waals surface area contributed by atoms with Crippen LogP contribution < -0.4 is 15.2 Å². The molecule has 0 N–H and O–H groups in total. The molecule has 0 radical (unpaired) electrons. The molecule has 0 bridgehead atoms. The summed E-state index contributed by atoms with van der Waals surface area (Å²) in [5.74, 6) is -0.0198. The van der Waals surface area contributed by atoms with Gasteiger partial charge in [-0.3, -0.25) is 18.9 Å². The molecule has 7 nitrogen and oxygen atoms in total. The molecule has 1 amide bonds. The predicted molar refractivity (Wildman–Crippen MR) is 87.5 cm³/mol. The van der Waals surface area contributed by atoms with Gasteiger partial charge in [0.25, 0.3) is 11.5 Å². The molecular formula is C17H14N4O3. The largest absolute Gasteiger partial charge is 0.471 e. The Bertz CT molecular complexity index is 998. The number of aromatic nitrogens is 3. The van der Waals surface area contributed by atoms with Gasteiger partial charge in [0.2, 0.25) is 5.88 Å². The number of anilines is 1. The van der Waals surface area contributed by atoms with Gasteiger partial charge in [0, 0.05) is 18.6 Å². The average Bonchev–Trinajstić information content (AvgIpc) is 2.61. The molecule has 1 atom stereocenters. The third-order valence-electron chi connectivity index (χ3n) is 3.88. The second-order valence-electron chi connectivity index (χ2n) is 5.58. The van der Waals surface area contributed by atoms with Crippen LogP contribution in [0.3, 0.4) is 0 Å². The molecule has 0 saturated carbocycles. The molecule has 4 rings (SSSR count). The molecule has 1 aliphatic heterocycles. The van der Waals surface area contributed by atoms with E-state index in [0.717, 1.165) is 0 Å². The number of pyridine rings is 2. The fourth-order valence-electron chi connectivity index (χ4n) is 2.77. The van der Waals surface area contributed by atoms with Gasteiger partial charge in [0.15, 0.2) is 0 Å². The lowest BCUT2D eigenvalue weighted by atomic mass is 10.2. The van der Waals surface area contributed by atoms with E-state index in [1.54, 1.807) is 42.7 Å². The van der Waals surface area contributed by atoms with Crippen molar-refractivity contribution in [3.8, 4) is 5.88 Å². The monoisotopic (exact) mass is 322 g/mol. The van der Waals surface area contributed by atoms with Gasteiger partial charge in [-0.25, -0.2) is 9.97 Å². The molecule has 0 aliphatic carbocycles. The standard InChI is InChI=1S/C17H14N4O3/c1-11-10-21(13-5-4-7-18-15(13)24-11)17(23)12-9-19-14-6-2-3-8-20(14)16(12)22/h2-9,11H,10H2,1H3. The fourth-order valence-corrected chi connectivity index (χ4v) is 2.77. The number of amides is 1. The summed E-state index contributed by atoms with van der Waals surface area (Å²) < 4.78 is 7.01. The SMILES string of the molecule is CC1CN(C(=O)c2cnc3ccccn3c2=O)c2cccnc2O1. The van der Waals surface area contributed by atoms with Crippen LogP contribution in [0.1, 0.15) is 17.3 Å². The van der Waals surface area contributed by atoms with E-state index in [1.807, 2.05) is 6.92 Å². The summed E-state index contributed by atoms with van der Waals surface area (Å²) >= 11 is 0. The topological polar surface area (TPSA) is 76.8 Å². The Hall–Kier alpha value is -3.22. The molecule has 0 aromatic carbocycles. The molecule has 7 heteroatoms. The number of carbonyl (C=O) groups is 1. The van der Waals surface area contributed by atoms with E-state index in [-0.39, 0.29) is 11.7 Å².